The molecule has 0 spiro atoms. The van der Waals surface area contributed by atoms with Crippen LogP contribution in [0.2, 0.25) is 0 Å². The third kappa shape index (κ3) is 3.72. The fourth-order valence-electron chi connectivity index (χ4n) is 1.31. The predicted octanol–water partition coefficient (Wildman–Crippen LogP) is 1.56. The normalized spacial score (nSPS) is 13.1. The molecule has 1 heterocycles. The third-order valence-corrected chi connectivity index (χ3v) is 2.78. The molecule has 0 aliphatic rings. The predicted molar refractivity (Wildman–Crippen MR) is 60.6 cm³/mol. The van der Waals surface area contributed by atoms with Gasteiger partial charge in [-0.1, -0.05) is 0 Å². The molecule has 80 valence electrons. The quantitative estimate of drug-likeness (QED) is 0.781. The van der Waals surface area contributed by atoms with Crippen LogP contribution in [0.3, 0.4) is 0 Å². The van der Waals surface area contributed by atoms with Crippen molar-refractivity contribution in [3.05, 3.63) is 18.0 Å². The second-order valence-electron chi connectivity index (χ2n) is 3.34. The van der Waals surface area contributed by atoms with Gasteiger partial charge < -0.3 is 5.11 Å². The molecule has 4 heteroatoms. The van der Waals surface area contributed by atoms with Gasteiger partial charge in [0, 0.05) is 19.2 Å². The SMILES string of the molecule is CCn1cc(CC(O)CCSC)cn1. The highest BCUT2D eigenvalue weighted by atomic mass is 32.2. The Morgan fingerprint density at radius 3 is 3.00 bits per heavy atom. The van der Waals surface area contributed by atoms with Crippen LogP contribution in [0.1, 0.15) is 18.9 Å². The Morgan fingerprint density at radius 1 is 1.64 bits per heavy atom. The number of nitrogens with zero attached hydrogens (tertiary/aromatic N) is 2. The lowest BCUT2D eigenvalue weighted by atomic mass is 10.1. The van der Waals surface area contributed by atoms with E-state index < -0.39 is 0 Å². The summed E-state index contributed by atoms with van der Waals surface area (Å²) in [7, 11) is 0. The van der Waals surface area contributed by atoms with E-state index in [0.717, 1.165) is 30.7 Å². The smallest absolute Gasteiger partial charge is 0.0589 e. The van der Waals surface area contributed by atoms with Gasteiger partial charge in [0.05, 0.1) is 12.3 Å². The number of hydrogen-bond acceptors (Lipinski definition) is 3. The fourth-order valence-corrected chi connectivity index (χ4v) is 1.82. The van der Waals surface area contributed by atoms with Crippen molar-refractivity contribution in [3.63, 3.8) is 0 Å². The zero-order valence-corrected chi connectivity index (χ0v) is 9.63. The first-order valence-corrected chi connectivity index (χ1v) is 6.34. The number of aliphatic hydroxyl groups excluding tert-OH is 1. The van der Waals surface area contributed by atoms with Crippen LogP contribution in [0.15, 0.2) is 12.4 Å². The van der Waals surface area contributed by atoms with Gasteiger partial charge >= 0.3 is 0 Å². The summed E-state index contributed by atoms with van der Waals surface area (Å²) >= 11 is 1.77. The molecule has 0 fully saturated rings. The molecule has 0 saturated heterocycles. The van der Waals surface area contributed by atoms with Crippen molar-refractivity contribution in [2.75, 3.05) is 12.0 Å². The maximum atomic E-state index is 9.67. The Bertz CT molecular complexity index is 262. The number of hydrogen-bond donors (Lipinski definition) is 1. The Balaban J connectivity index is 2.35. The second kappa shape index (κ2) is 6.09. The van der Waals surface area contributed by atoms with Crippen molar-refractivity contribution in [3.8, 4) is 0 Å². The Labute approximate surface area is 89.5 Å². The van der Waals surface area contributed by atoms with Crippen LogP contribution < -0.4 is 0 Å². The van der Waals surface area contributed by atoms with Gasteiger partial charge in [-0.15, -0.1) is 0 Å². The molecule has 14 heavy (non-hydrogen) atoms. The van der Waals surface area contributed by atoms with E-state index in [4.69, 9.17) is 0 Å². The highest BCUT2D eigenvalue weighted by molar-refractivity contribution is 7.98. The fraction of sp³-hybridized carbons (Fsp3) is 0.700. The summed E-state index contributed by atoms with van der Waals surface area (Å²) in [4.78, 5) is 0. The van der Waals surface area contributed by atoms with E-state index >= 15 is 0 Å². The van der Waals surface area contributed by atoms with Gasteiger partial charge in [0.1, 0.15) is 0 Å². The maximum absolute atomic E-state index is 9.67. The molecule has 0 saturated carbocycles. The second-order valence-corrected chi connectivity index (χ2v) is 4.33. The number of aryl methyl sites for hydroxylation is 1. The summed E-state index contributed by atoms with van der Waals surface area (Å²) in [5, 5.41) is 13.8. The maximum Gasteiger partial charge on any atom is 0.0589 e. The summed E-state index contributed by atoms with van der Waals surface area (Å²) in [5.74, 6) is 1.02. The van der Waals surface area contributed by atoms with E-state index in [2.05, 4.69) is 18.3 Å². The Hall–Kier alpha value is -0.480. The van der Waals surface area contributed by atoms with Gasteiger partial charge in [0.2, 0.25) is 0 Å². The monoisotopic (exact) mass is 214 g/mol. The van der Waals surface area contributed by atoms with Crippen molar-refractivity contribution in [1.29, 1.82) is 0 Å². The van der Waals surface area contributed by atoms with Crippen LogP contribution in [-0.4, -0.2) is 33.0 Å². The van der Waals surface area contributed by atoms with Crippen molar-refractivity contribution in [2.45, 2.75) is 32.4 Å². The molecule has 1 N–H and O–H groups in total. The average Bonchev–Trinajstić information content (AvgIpc) is 2.62. The highest BCUT2D eigenvalue weighted by Gasteiger charge is 2.06. The Morgan fingerprint density at radius 2 is 2.43 bits per heavy atom. The number of aromatic nitrogens is 2. The minimum atomic E-state index is -0.225. The van der Waals surface area contributed by atoms with Gasteiger partial charge in [-0.3, -0.25) is 4.68 Å². The molecular formula is C10H18N2OS. The lowest BCUT2D eigenvalue weighted by Crippen LogP contribution is -2.10. The van der Waals surface area contributed by atoms with Crippen molar-refractivity contribution in [1.82, 2.24) is 9.78 Å². The summed E-state index contributed by atoms with van der Waals surface area (Å²) in [5.41, 5.74) is 1.13. The number of rotatable bonds is 6. The van der Waals surface area contributed by atoms with Gasteiger partial charge in [0.25, 0.3) is 0 Å². The van der Waals surface area contributed by atoms with Crippen LogP contribution in [-0.2, 0) is 13.0 Å². The molecule has 0 bridgehead atoms. The minimum absolute atomic E-state index is 0.225. The lowest BCUT2D eigenvalue weighted by molar-refractivity contribution is 0.172. The first kappa shape index (κ1) is 11.6. The van der Waals surface area contributed by atoms with E-state index in [1.807, 2.05) is 17.1 Å². The lowest BCUT2D eigenvalue weighted by Gasteiger charge is -2.07. The van der Waals surface area contributed by atoms with Crippen LogP contribution in [0.25, 0.3) is 0 Å². The van der Waals surface area contributed by atoms with Gasteiger partial charge in [-0.2, -0.15) is 16.9 Å². The summed E-state index contributed by atoms with van der Waals surface area (Å²) < 4.78 is 1.89. The third-order valence-electron chi connectivity index (χ3n) is 2.14. The van der Waals surface area contributed by atoms with E-state index in [1.165, 1.54) is 0 Å². The highest BCUT2D eigenvalue weighted by Crippen LogP contribution is 2.07. The number of thioether (sulfide) groups is 1. The molecule has 0 amide bonds. The van der Waals surface area contributed by atoms with Crippen LogP contribution in [0.4, 0.5) is 0 Å². The first-order chi connectivity index (χ1) is 6.76. The van der Waals surface area contributed by atoms with Crippen molar-refractivity contribution in [2.24, 2.45) is 0 Å². The number of aliphatic hydroxyl groups is 1. The molecule has 3 nitrogen and oxygen atoms in total. The summed E-state index contributed by atoms with van der Waals surface area (Å²) in [6, 6.07) is 0. The van der Waals surface area contributed by atoms with Crippen LogP contribution in [0.5, 0.6) is 0 Å². The van der Waals surface area contributed by atoms with Crippen molar-refractivity contribution < 1.29 is 5.11 Å². The van der Waals surface area contributed by atoms with Gasteiger partial charge in [0.15, 0.2) is 0 Å². The van der Waals surface area contributed by atoms with E-state index in [0.29, 0.717) is 0 Å². The molecule has 0 aliphatic carbocycles. The molecule has 1 atom stereocenters. The van der Waals surface area contributed by atoms with Crippen LogP contribution >= 0.6 is 11.8 Å². The molecule has 1 rings (SSSR count). The summed E-state index contributed by atoms with van der Waals surface area (Å²) in [6.07, 6.45) is 7.26. The zero-order chi connectivity index (χ0) is 10.4. The minimum Gasteiger partial charge on any atom is -0.393 e. The molecule has 1 aromatic rings. The topological polar surface area (TPSA) is 38.0 Å². The van der Waals surface area contributed by atoms with E-state index in [-0.39, 0.29) is 6.10 Å². The van der Waals surface area contributed by atoms with E-state index in [9.17, 15) is 5.11 Å². The molecule has 0 aliphatic heterocycles. The first-order valence-electron chi connectivity index (χ1n) is 4.94. The zero-order valence-electron chi connectivity index (χ0n) is 8.81. The van der Waals surface area contributed by atoms with E-state index in [1.54, 1.807) is 11.8 Å². The molecular weight excluding hydrogens is 196 g/mol. The average molecular weight is 214 g/mol. The molecule has 0 aromatic carbocycles. The molecule has 1 unspecified atom stereocenters. The standard InChI is InChI=1S/C10H18N2OS/c1-3-12-8-9(7-11-12)6-10(13)4-5-14-2/h7-8,10,13H,3-6H2,1-2H3. The Kier molecular flexibility index (Phi) is 5.04. The van der Waals surface area contributed by atoms with Crippen molar-refractivity contribution >= 4 is 11.8 Å². The summed E-state index contributed by atoms with van der Waals surface area (Å²) in [6.45, 7) is 2.95. The molecule has 1 aromatic heterocycles. The van der Waals surface area contributed by atoms with Gasteiger partial charge in [-0.25, -0.2) is 0 Å². The molecule has 0 radical (unpaired) electrons. The van der Waals surface area contributed by atoms with Crippen LogP contribution in [0, 0.1) is 0 Å². The van der Waals surface area contributed by atoms with Gasteiger partial charge in [-0.05, 0) is 30.9 Å². The largest absolute Gasteiger partial charge is 0.393 e.